The highest BCUT2D eigenvalue weighted by Gasteiger charge is 2.13. The molecule has 0 saturated heterocycles. The fourth-order valence-electron chi connectivity index (χ4n) is 1.10. The molecule has 0 radical (unpaired) electrons. The second kappa shape index (κ2) is 3.91. The van der Waals surface area contributed by atoms with Gasteiger partial charge in [0.15, 0.2) is 5.69 Å². The van der Waals surface area contributed by atoms with Crippen LogP contribution in [0.1, 0.15) is 23.1 Å². The molecule has 0 bridgehead atoms. The molecule has 1 aromatic heterocycles. The van der Waals surface area contributed by atoms with Gasteiger partial charge in [-0.15, -0.1) is 0 Å². The molecule has 6 heteroatoms. The third kappa shape index (κ3) is 2.09. The van der Waals surface area contributed by atoms with Crippen LogP contribution in [0.3, 0.4) is 0 Å². The van der Waals surface area contributed by atoms with E-state index in [4.69, 9.17) is 5.11 Å². The van der Waals surface area contributed by atoms with Crippen LogP contribution in [0.4, 0.5) is 4.79 Å². The summed E-state index contributed by atoms with van der Waals surface area (Å²) in [5.41, 5.74) is 0.940. The maximum absolute atomic E-state index is 11.2. The van der Waals surface area contributed by atoms with Crippen molar-refractivity contribution in [3.63, 3.8) is 0 Å². The number of amides is 2. The van der Waals surface area contributed by atoms with Gasteiger partial charge in [-0.2, -0.15) is 5.10 Å². The predicted octanol–water partition coefficient (Wildman–Crippen LogP) is 0.619. The topological polar surface area (TPSA) is 84.2 Å². The number of carbonyl (C=O) groups excluding carboxylic acids is 1. The number of rotatable bonds is 2. The van der Waals surface area contributed by atoms with Crippen LogP contribution in [0.25, 0.3) is 0 Å². The molecule has 14 heavy (non-hydrogen) atoms. The van der Waals surface area contributed by atoms with Crippen molar-refractivity contribution in [3.8, 4) is 0 Å². The van der Waals surface area contributed by atoms with Gasteiger partial charge in [0.05, 0.1) is 0 Å². The highest BCUT2D eigenvalue weighted by Crippen LogP contribution is 2.02. The molecular weight excluding hydrogens is 186 g/mol. The Hall–Kier alpha value is -1.85. The van der Waals surface area contributed by atoms with Gasteiger partial charge in [0.2, 0.25) is 0 Å². The van der Waals surface area contributed by atoms with E-state index in [9.17, 15) is 9.59 Å². The minimum absolute atomic E-state index is 0.117. The molecule has 0 aromatic carbocycles. The average molecular weight is 197 g/mol. The highest BCUT2D eigenvalue weighted by atomic mass is 16.4. The zero-order valence-corrected chi connectivity index (χ0v) is 7.94. The van der Waals surface area contributed by atoms with Crippen LogP contribution in [0.2, 0.25) is 0 Å². The Kier molecular flexibility index (Phi) is 2.85. The van der Waals surface area contributed by atoms with Crippen molar-refractivity contribution in [2.24, 2.45) is 0 Å². The summed E-state index contributed by atoms with van der Waals surface area (Å²) in [5, 5.41) is 14.0. The van der Waals surface area contributed by atoms with Crippen molar-refractivity contribution in [1.82, 2.24) is 15.1 Å². The lowest BCUT2D eigenvalue weighted by atomic mass is 10.3. The highest BCUT2D eigenvalue weighted by molar-refractivity contribution is 6.01. The quantitative estimate of drug-likeness (QED) is 0.727. The Bertz CT molecular complexity index is 370. The Labute approximate surface area is 80.5 Å². The van der Waals surface area contributed by atoms with Gasteiger partial charge in [0.25, 0.3) is 5.91 Å². The second-order valence-electron chi connectivity index (χ2n) is 2.75. The van der Waals surface area contributed by atoms with Gasteiger partial charge in [-0.25, -0.2) is 4.79 Å². The van der Waals surface area contributed by atoms with Gasteiger partial charge in [-0.1, -0.05) is 0 Å². The van der Waals surface area contributed by atoms with E-state index in [1.54, 1.807) is 23.0 Å². The molecule has 2 N–H and O–H groups in total. The number of carbonyl (C=O) groups is 2. The zero-order valence-electron chi connectivity index (χ0n) is 7.94. The summed E-state index contributed by atoms with van der Waals surface area (Å²) < 4.78 is 1.62. The van der Waals surface area contributed by atoms with Crippen molar-refractivity contribution in [1.29, 1.82) is 0 Å². The molecule has 0 aliphatic carbocycles. The standard InChI is InChI=1S/C8H11N3O3/c1-3-11-5(2)4-6(10-11)7(12)9-8(13)14/h4H,3H2,1-2H3,(H,9,12)(H,13,14). The Balaban J connectivity index is 2.85. The molecule has 0 aliphatic rings. The summed E-state index contributed by atoms with van der Waals surface area (Å²) in [6.45, 7) is 4.33. The first-order chi connectivity index (χ1) is 6.54. The van der Waals surface area contributed by atoms with Gasteiger partial charge in [-0.05, 0) is 19.9 Å². The van der Waals surface area contributed by atoms with Crippen LogP contribution in [-0.2, 0) is 6.54 Å². The minimum atomic E-state index is -1.38. The summed E-state index contributed by atoms with van der Waals surface area (Å²) >= 11 is 0. The molecule has 0 aliphatic heterocycles. The largest absolute Gasteiger partial charge is 0.465 e. The van der Waals surface area contributed by atoms with E-state index in [1.165, 1.54) is 0 Å². The first-order valence-electron chi connectivity index (χ1n) is 4.13. The molecule has 6 nitrogen and oxygen atoms in total. The number of carboxylic acid groups (broad SMARTS) is 1. The summed E-state index contributed by atoms with van der Waals surface area (Å²) in [4.78, 5) is 21.3. The third-order valence-electron chi connectivity index (χ3n) is 1.73. The number of aromatic nitrogens is 2. The van der Waals surface area contributed by atoms with Crippen LogP contribution in [0.15, 0.2) is 6.07 Å². The van der Waals surface area contributed by atoms with E-state index in [0.29, 0.717) is 6.54 Å². The van der Waals surface area contributed by atoms with Gasteiger partial charge in [0.1, 0.15) is 0 Å². The van der Waals surface area contributed by atoms with Crippen molar-refractivity contribution >= 4 is 12.0 Å². The lowest BCUT2D eigenvalue weighted by Crippen LogP contribution is -2.29. The molecule has 0 unspecified atom stereocenters. The molecule has 0 spiro atoms. The lowest BCUT2D eigenvalue weighted by molar-refractivity contribution is 0.0942. The minimum Gasteiger partial charge on any atom is -0.465 e. The number of nitrogens with zero attached hydrogens (tertiary/aromatic N) is 2. The molecule has 76 valence electrons. The van der Waals surface area contributed by atoms with Gasteiger partial charge in [-0.3, -0.25) is 14.8 Å². The van der Waals surface area contributed by atoms with Crippen molar-refractivity contribution < 1.29 is 14.7 Å². The monoisotopic (exact) mass is 197 g/mol. The third-order valence-corrected chi connectivity index (χ3v) is 1.73. The fourth-order valence-corrected chi connectivity index (χ4v) is 1.10. The van der Waals surface area contributed by atoms with Crippen LogP contribution in [0.5, 0.6) is 0 Å². The van der Waals surface area contributed by atoms with Crippen molar-refractivity contribution in [2.75, 3.05) is 0 Å². The predicted molar refractivity (Wildman–Crippen MR) is 48.1 cm³/mol. The van der Waals surface area contributed by atoms with Crippen molar-refractivity contribution in [3.05, 3.63) is 17.5 Å². The average Bonchev–Trinajstić information content (AvgIpc) is 2.45. The molecule has 1 aromatic rings. The summed E-state index contributed by atoms with van der Waals surface area (Å²) in [6, 6.07) is 1.54. The number of imide groups is 1. The van der Waals surface area contributed by atoms with Crippen LogP contribution in [-0.4, -0.2) is 26.9 Å². The van der Waals surface area contributed by atoms with Crippen LogP contribution < -0.4 is 5.32 Å². The second-order valence-corrected chi connectivity index (χ2v) is 2.75. The number of nitrogens with one attached hydrogen (secondary N) is 1. The molecule has 0 saturated carbocycles. The van der Waals surface area contributed by atoms with E-state index in [1.807, 2.05) is 6.92 Å². The maximum Gasteiger partial charge on any atom is 0.411 e. The number of hydrogen-bond donors (Lipinski definition) is 2. The molecule has 1 heterocycles. The Morgan fingerprint density at radius 3 is 2.71 bits per heavy atom. The Morgan fingerprint density at radius 2 is 2.29 bits per heavy atom. The molecule has 2 amide bonds. The normalized spacial score (nSPS) is 9.86. The smallest absolute Gasteiger partial charge is 0.411 e. The van der Waals surface area contributed by atoms with E-state index < -0.39 is 12.0 Å². The van der Waals surface area contributed by atoms with Crippen molar-refractivity contribution in [2.45, 2.75) is 20.4 Å². The van der Waals surface area contributed by atoms with E-state index >= 15 is 0 Å². The maximum atomic E-state index is 11.2. The van der Waals surface area contributed by atoms with E-state index in [2.05, 4.69) is 5.10 Å². The van der Waals surface area contributed by atoms with E-state index in [-0.39, 0.29) is 5.69 Å². The molecular formula is C8H11N3O3. The summed E-state index contributed by atoms with van der Waals surface area (Å²) in [5.74, 6) is -0.701. The van der Waals surface area contributed by atoms with E-state index in [0.717, 1.165) is 5.69 Å². The Morgan fingerprint density at radius 1 is 1.64 bits per heavy atom. The zero-order chi connectivity index (χ0) is 10.7. The number of hydrogen-bond acceptors (Lipinski definition) is 3. The first kappa shape index (κ1) is 10.2. The molecule has 1 rings (SSSR count). The van der Waals surface area contributed by atoms with Gasteiger partial charge >= 0.3 is 6.09 Å². The fraction of sp³-hybridized carbons (Fsp3) is 0.375. The molecule has 0 atom stereocenters. The van der Waals surface area contributed by atoms with Gasteiger partial charge < -0.3 is 5.11 Å². The van der Waals surface area contributed by atoms with Crippen LogP contribution in [0, 0.1) is 6.92 Å². The molecule has 0 fully saturated rings. The van der Waals surface area contributed by atoms with Gasteiger partial charge in [0, 0.05) is 12.2 Å². The lowest BCUT2D eigenvalue weighted by Gasteiger charge is -1.96. The first-order valence-corrected chi connectivity index (χ1v) is 4.13. The number of aryl methyl sites for hydroxylation is 2. The summed E-state index contributed by atoms with van der Waals surface area (Å²) in [7, 11) is 0. The van der Waals surface area contributed by atoms with Crippen LogP contribution >= 0.6 is 0 Å². The summed E-state index contributed by atoms with van der Waals surface area (Å²) in [6.07, 6.45) is -1.38. The SMILES string of the molecule is CCn1nc(C(=O)NC(=O)O)cc1C.